The molecule has 1 aromatic rings. The minimum absolute atomic E-state index is 0.0774. The SMILES string of the molecule is CC.CC1(C)OB(c2ccc(N3CCC(F)(F)CC3)cc2)OC1(C)C. The van der Waals surface area contributed by atoms with Crippen molar-refractivity contribution in [1.29, 1.82) is 0 Å². The lowest BCUT2D eigenvalue weighted by molar-refractivity contribution is -0.0220. The normalized spacial score (nSPS) is 23.8. The predicted molar refractivity (Wildman–Crippen MR) is 99.9 cm³/mol. The van der Waals surface area contributed by atoms with Crippen molar-refractivity contribution in [3.8, 4) is 0 Å². The van der Waals surface area contributed by atoms with Gasteiger partial charge in [0.1, 0.15) is 0 Å². The van der Waals surface area contributed by atoms with Crippen LogP contribution in [-0.2, 0) is 9.31 Å². The van der Waals surface area contributed by atoms with E-state index in [1.807, 2.05) is 70.7 Å². The van der Waals surface area contributed by atoms with Crippen molar-refractivity contribution in [3.63, 3.8) is 0 Å². The molecule has 0 amide bonds. The molecule has 0 bridgehead atoms. The van der Waals surface area contributed by atoms with Crippen LogP contribution in [0.1, 0.15) is 54.4 Å². The first kappa shape index (κ1) is 20.2. The summed E-state index contributed by atoms with van der Waals surface area (Å²) in [6.07, 6.45) is -0.155. The van der Waals surface area contributed by atoms with Gasteiger partial charge in [0, 0.05) is 31.6 Å². The van der Waals surface area contributed by atoms with Crippen molar-refractivity contribution >= 4 is 18.3 Å². The number of benzene rings is 1. The summed E-state index contributed by atoms with van der Waals surface area (Å²) < 4.78 is 38.6. The second-order valence-corrected chi connectivity index (χ2v) is 7.52. The number of rotatable bonds is 2. The van der Waals surface area contributed by atoms with Crippen molar-refractivity contribution < 1.29 is 18.1 Å². The molecule has 2 aliphatic heterocycles. The number of hydrogen-bond acceptors (Lipinski definition) is 3. The fraction of sp³-hybridized carbons (Fsp3) is 0.684. The minimum atomic E-state index is -2.51. The highest BCUT2D eigenvalue weighted by molar-refractivity contribution is 6.62. The van der Waals surface area contributed by atoms with E-state index in [9.17, 15) is 8.78 Å². The van der Waals surface area contributed by atoms with Gasteiger partial charge in [-0.1, -0.05) is 26.0 Å². The topological polar surface area (TPSA) is 21.7 Å². The van der Waals surface area contributed by atoms with E-state index in [4.69, 9.17) is 9.31 Å². The summed E-state index contributed by atoms with van der Waals surface area (Å²) >= 11 is 0. The number of halogens is 2. The van der Waals surface area contributed by atoms with Crippen LogP contribution < -0.4 is 10.4 Å². The van der Waals surface area contributed by atoms with E-state index in [1.54, 1.807) is 0 Å². The Balaban J connectivity index is 0.00000109. The summed E-state index contributed by atoms with van der Waals surface area (Å²) in [6.45, 7) is 12.9. The Labute approximate surface area is 150 Å². The van der Waals surface area contributed by atoms with Crippen LogP contribution in [0.3, 0.4) is 0 Å². The zero-order valence-corrected chi connectivity index (χ0v) is 16.2. The van der Waals surface area contributed by atoms with E-state index >= 15 is 0 Å². The maximum absolute atomic E-state index is 13.2. The van der Waals surface area contributed by atoms with Crippen LogP contribution in [0.15, 0.2) is 24.3 Å². The van der Waals surface area contributed by atoms with E-state index in [0.29, 0.717) is 13.1 Å². The molecular weight excluding hydrogens is 323 g/mol. The fourth-order valence-corrected chi connectivity index (χ4v) is 2.91. The lowest BCUT2D eigenvalue weighted by Crippen LogP contribution is -2.41. The van der Waals surface area contributed by atoms with Crippen molar-refractivity contribution in [2.75, 3.05) is 18.0 Å². The number of piperidine rings is 1. The van der Waals surface area contributed by atoms with E-state index in [1.165, 1.54) is 0 Å². The standard InChI is InChI=1S/C17H24BF2NO2.C2H6/c1-15(2)16(3,4)23-18(22-15)13-5-7-14(8-6-13)21-11-9-17(19,20)10-12-21;1-2/h5-8H,9-12H2,1-4H3;1-2H3. The zero-order valence-electron chi connectivity index (χ0n) is 16.2. The monoisotopic (exact) mass is 353 g/mol. The predicted octanol–water partition coefficient (Wildman–Crippen LogP) is 4.25. The fourth-order valence-electron chi connectivity index (χ4n) is 2.91. The summed E-state index contributed by atoms with van der Waals surface area (Å²) in [4.78, 5) is 2.01. The Hall–Kier alpha value is -1.14. The quantitative estimate of drug-likeness (QED) is 0.742. The smallest absolute Gasteiger partial charge is 0.399 e. The van der Waals surface area contributed by atoms with Gasteiger partial charge >= 0.3 is 7.12 Å². The Kier molecular flexibility index (Phi) is 5.84. The molecule has 6 heteroatoms. The number of alkyl halides is 2. The third-order valence-electron chi connectivity index (χ3n) is 5.28. The highest BCUT2D eigenvalue weighted by Crippen LogP contribution is 2.36. The Bertz CT molecular complexity index is 549. The zero-order chi connectivity index (χ0) is 18.9. The molecule has 0 N–H and O–H groups in total. The molecule has 2 heterocycles. The Morgan fingerprint density at radius 1 is 0.880 bits per heavy atom. The first-order valence-corrected chi connectivity index (χ1v) is 9.18. The van der Waals surface area contributed by atoms with Gasteiger partial charge in [0.25, 0.3) is 5.92 Å². The lowest BCUT2D eigenvalue weighted by Gasteiger charge is -2.33. The maximum Gasteiger partial charge on any atom is 0.494 e. The van der Waals surface area contributed by atoms with Crippen LogP contribution in [0, 0.1) is 0 Å². The number of nitrogens with zero attached hydrogens (tertiary/aromatic N) is 1. The van der Waals surface area contributed by atoms with Crippen LogP contribution in [0.2, 0.25) is 0 Å². The lowest BCUT2D eigenvalue weighted by atomic mass is 9.79. The largest absolute Gasteiger partial charge is 0.494 e. The first-order chi connectivity index (χ1) is 11.6. The number of hydrogen-bond donors (Lipinski definition) is 0. The van der Waals surface area contributed by atoms with Crippen LogP contribution in [0.4, 0.5) is 14.5 Å². The minimum Gasteiger partial charge on any atom is -0.399 e. The molecular formula is C19H30BF2NO2. The van der Waals surface area contributed by atoms with Crippen LogP contribution in [0.5, 0.6) is 0 Å². The summed E-state index contributed by atoms with van der Waals surface area (Å²) in [5.74, 6) is -2.51. The average Bonchev–Trinajstić information content (AvgIpc) is 2.78. The third-order valence-corrected chi connectivity index (χ3v) is 5.28. The summed E-state index contributed by atoms with van der Waals surface area (Å²) in [5.41, 5.74) is 1.19. The van der Waals surface area contributed by atoms with Crippen LogP contribution in [-0.4, -0.2) is 37.3 Å². The molecule has 0 saturated carbocycles. The van der Waals surface area contributed by atoms with Gasteiger partial charge in [-0.05, 0) is 45.3 Å². The van der Waals surface area contributed by atoms with Gasteiger partial charge < -0.3 is 14.2 Å². The number of anilines is 1. The first-order valence-electron chi connectivity index (χ1n) is 9.18. The van der Waals surface area contributed by atoms with E-state index in [-0.39, 0.29) is 31.2 Å². The molecule has 0 aromatic heterocycles. The summed E-state index contributed by atoms with van der Waals surface area (Å²) in [6, 6.07) is 7.85. The van der Waals surface area contributed by atoms with Gasteiger partial charge in [-0.3, -0.25) is 0 Å². The highest BCUT2D eigenvalue weighted by Gasteiger charge is 2.51. The van der Waals surface area contributed by atoms with Gasteiger partial charge in [0.15, 0.2) is 0 Å². The van der Waals surface area contributed by atoms with E-state index in [0.717, 1.165) is 11.2 Å². The molecule has 3 rings (SSSR count). The molecule has 2 fully saturated rings. The molecule has 140 valence electrons. The molecule has 0 unspecified atom stereocenters. The van der Waals surface area contributed by atoms with Crippen molar-refractivity contribution in [3.05, 3.63) is 24.3 Å². The average molecular weight is 353 g/mol. The Morgan fingerprint density at radius 2 is 1.32 bits per heavy atom. The van der Waals surface area contributed by atoms with Crippen molar-refractivity contribution in [2.24, 2.45) is 0 Å². The van der Waals surface area contributed by atoms with E-state index < -0.39 is 5.92 Å². The van der Waals surface area contributed by atoms with Gasteiger partial charge in [-0.15, -0.1) is 0 Å². The molecule has 0 atom stereocenters. The second-order valence-electron chi connectivity index (χ2n) is 7.52. The van der Waals surface area contributed by atoms with Gasteiger partial charge in [-0.2, -0.15) is 0 Å². The summed E-state index contributed by atoms with van der Waals surface area (Å²) in [7, 11) is -0.389. The van der Waals surface area contributed by atoms with Crippen LogP contribution in [0.25, 0.3) is 0 Å². The van der Waals surface area contributed by atoms with Crippen molar-refractivity contribution in [2.45, 2.75) is 71.5 Å². The van der Waals surface area contributed by atoms with Gasteiger partial charge in [0.2, 0.25) is 0 Å². The molecule has 2 aliphatic rings. The molecule has 25 heavy (non-hydrogen) atoms. The van der Waals surface area contributed by atoms with Crippen LogP contribution >= 0.6 is 0 Å². The Morgan fingerprint density at radius 3 is 1.76 bits per heavy atom. The molecule has 0 aliphatic carbocycles. The molecule has 3 nitrogen and oxygen atoms in total. The second kappa shape index (κ2) is 7.24. The van der Waals surface area contributed by atoms with Gasteiger partial charge in [-0.25, -0.2) is 8.78 Å². The molecule has 0 spiro atoms. The van der Waals surface area contributed by atoms with E-state index in [2.05, 4.69) is 0 Å². The molecule has 2 saturated heterocycles. The van der Waals surface area contributed by atoms with Gasteiger partial charge in [0.05, 0.1) is 11.2 Å². The van der Waals surface area contributed by atoms with Crippen molar-refractivity contribution in [1.82, 2.24) is 0 Å². The maximum atomic E-state index is 13.2. The molecule has 1 aromatic carbocycles. The third kappa shape index (κ3) is 4.34. The highest BCUT2D eigenvalue weighted by atomic mass is 19.3. The molecule has 0 radical (unpaired) electrons. The summed E-state index contributed by atoms with van der Waals surface area (Å²) in [5, 5.41) is 0.